The molecule has 0 aromatic heterocycles. The van der Waals surface area contributed by atoms with Crippen LogP contribution < -0.4 is 5.73 Å². The smallest absolute Gasteiger partial charge is 0.163 e. The van der Waals surface area contributed by atoms with Crippen LogP contribution in [0.4, 0.5) is 0 Å². The molecule has 130 valence electrons. The monoisotopic (exact) mass is 325 g/mol. The van der Waals surface area contributed by atoms with Gasteiger partial charge in [0.05, 0.1) is 0 Å². The maximum absolute atomic E-state index is 12.5. The summed E-state index contributed by atoms with van der Waals surface area (Å²) >= 11 is 0. The van der Waals surface area contributed by atoms with Crippen molar-refractivity contribution >= 4 is 5.78 Å². The molecule has 2 nitrogen and oxygen atoms in total. The predicted octanol–water partition coefficient (Wildman–Crippen LogP) is 4.56. The van der Waals surface area contributed by atoms with Crippen LogP contribution in [0.1, 0.15) is 79.6 Å². The molecule has 0 fully saturated rings. The van der Waals surface area contributed by atoms with Crippen LogP contribution in [0.2, 0.25) is 0 Å². The molecule has 1 aromatic carbocycles. The van der Waals surface area contributed by atoms with E-state index in [0.29, 0.717) is 12.2 Å². The normalized spacial score (nSPS) is 25.4. The maximum atomic E-state index is 12.5. The fraction of sp³-hybridized carbons (Fsp3) is 0.591. The Balaban J connectivity index is 2.00. The molecular formula is C22H31NO. The summed E-state index contributed by atoms with van der Waals surface area (Å²) in [6, 6.07) is 2.47. The van der Waals surface area contributed by atoms with Gasteiger partial charge in [-0.15, -0.1) is 0 Å². The summed E-state index contributed by atoms with van der Waals surface area (Å²) in [7, 11) is 0. The summed E-state index contributed by atoms with van der Waals surface area (Å²) in [5.74, 6) is 0.353. The van der Waals surface area contributed by atoms with Gasteiger partial charge in [-0.2, -0.15) is 0 Å². The molecule has 2 unspecified atom stereocenters. The summed E-state index contributed by atoms with van der Waals surface area (Å²) in [6.45, 7) is 8.84. The molecule has 0 saturated heterocycles. The number of benzene rings is 1. The first kappa shape index (κ1) is 17.4. The number of nitrogens with two attached hydrogens (primary N) is 1. The van der Waals surface area contributed by atoms with E-state index < -0.39 is 0 Å². The van der Waals surface area contributed by atoms with Gasteiger partial charge >= 0.3 is 0 Å². The van der Waals surface area contributed by atoms with Gasteiger partial charge in [0.25, 0.3) is 0 Å². The number of carbonyl (C=O) groups excluding carboxylic acids is 1. The van der Waals surface area contributed by atoms with E-state index >= 15 is 0 Å². The molecule has 0 heterocycles. The Labute approximate surface area is 146 Å². The topological polar surface area (TPSA) is 43.1 Å². The molecule has 0 radical (unpaired) electrons. The highest BCUT2D eigenvalue weighted by molar-refractivity contribution is 6.02. The van der Waals surface area contributed by atoms with Crippen molar-refractivity contribution in [3.8, 4) is 0 Å². The lowest BCUT2D eigenvalue weighted by Crippen LogP contribution is -2.46. The summed E-state index contributed by atoms with van der Waals surface area (Å²) in [5, 5.41) is 0. The van der Waals surface area contributed by atoms with Gasteiger partial charge in [0, 0.05) is 18.0 Å². The molecule has 2 heteroatoms. The van der Waals surface area contributed by atoms with E-state index in [2.05, 4.69) is 39.8 Å². The third-order valence-corrected chi connectivity index (χ3v) is 6.17. The summed E-state index contributed by atoms with van der Waals surface area (Å²) in [6.07, 6.45) is 9.01. The number of hydrogen-bond donors (Lipinski definition) is 1. The molecule has 2 N–H and O–H groups in total. The van der Waals surface area contributed by atoms with E-state index in [1.807, 2.05) is 0 Å². The van der Waals surface area contributed by atoms with Gasteiger partial charge < -0.3 is 5.73 Å². The second-order valence-electron chi connectivity index (χ2n) is 8.27. The van der Waals surface area contributed by atoms with Gasteiger partial charge in [0.2, 0.25) is 0 Å². The van der Waals surface area contributed by atoms with E-state index in [4.69, 9.17) is 5.73 Å². The van der Waals surface area contributed by atoms with E-state index in [1.54, 1.807) is 0 Å². The van der Waals surface area contributed by atoms with Crippen LogP contribution in [0.3, 0.4) is 0 Å². The zero-order chi connectivity index (χ0) is 17.5. The maximum Gasteiger partial charge on any atom is 0.163 e. The van der Waals surface area contributed by atoms with Gasteiger partial charge in [0.15, 0.2) is 5.78 Å². The highest BCUT2D eigenvalue weighted by Gasteiger charge is 2.40. The van der Waals surface area contributed by atoms with Gasteiger partial charge in [-0.25, -0.2) is 0 Å². The third-order valence-electron chi connectivity index (χ3n) is 6.17. The molecule has 2 atom stereocenters. The van der Waals surface area contributed by atoms with Gasteiger partial charge in [-0.1, -0.05) is 31.6 Å². The minimum absolute atomic E-state index is 0.0853. The number of ketones is 1. The fourth-order valence-corrected chi connectivity index (χ4v) is 4.56. The Morgan fingerprint density at radius 1 is 1.33 bits per heavy atom. The lowest BCUT2D eigenvalue weighted by molar-refractivity contribution is 0.0992. The lowest BCUT2D eigenvalue weighted by Gasteiger charge is -2.42. The molecule has 1 aromatic rings. The van der Waals surface area contributed by atoms with Crippen LogP contribution in [-0.2, 0) is 25.7 Å². The highest BCUT2D eigenvalue weighted by Crippen LogP contribution is 2.43. The average molecular weight is 325 g/mol. The summed E-state index contributed by atoms with van der Waals surface area (Å²) in [5.41, 5.74) is 14.6. The molecule has 0 bridgehead atoms. The minimum atomic E-state index is 0.0853. The number of rotatable bonds is 4. The second-order valence-corrected chi connectivity index (χ2v) is 8.27. The summed E-state index contributed by atoms with van der Waals surface area (Å²) in [4.78, 5) is 12.5. The number of allylic oxidation sites excluding steroid dienone is 2. The number of hydrogen-bond acceptors (Lipinski definition) is 2. The van der Waals surface area contributed by atoms with E-state index in [-0.39, 0.29) is 11.5 Å². The van der Waals surface area contributed by atoms with Crippen LogP contribution in [-0.4, -0.2) is 11.8 Å². The molecule has 0 amide bonds. The Morgan fingerprint density at radius 3 is 2.75 bits per heavy atom. The number of aryl methyl sites for hydroxylation is 2. The Kier molecular flexibility index (Phi) is 4.70. The van der Waals surface area contributed by atoms with Crippen molar-refractivity contribution in [3.63, 3.8) is 0 Å². The zero-order valence-corrected chi connectivity index (χ0v) is 15.7. The summed E-state index contributed by atoms with van der Waals surface area (Å²) < 4.78 is 0. The van der Waals surface area contributed by atoms with E-state index in [9.17, 15) is 4.79 Å². The number of Topliss-reactive ketones (excluding diaryl/α,β-unsaturated/α-hetero) is 1. The molecule has 0 aliphatic heterocycles. The Hall–Kier alpha value is -1.41. The van der Waals surface area contributed by atoms with Crippen molar-refractivity contribution in [2.24, 2.45) is 11.1 Å². The quantitative estimate of drug-likeness (QED) is 0.825. The molecule has 24 heavy (non-hydrogen) atoms. The molecule has 3 rings (SSSR count). The SMILES string of the molecule is CCc1cc2c(c3c1CC(N)C(C)(CCC=C(C)C)C3)C(=O)CC2. The standard InChI is InChI=1S/C22H31NO/c1-5-15-11-16-8-9-19(24)21(16)18-13-22(4,10-6-7-14(2)3)20(23)12-17(15)18/h7,11,20H,5-6,8-10,12-13,23H2,1-4H3. The van der Waals surface area contributed by atoms with Crippen molar-refractivity contribution in [3.05, 3.63) is 45.5 Å². The molecule has 2 aliphatic rings. The molecule has 0 spiro atoms. The first-order valence-corrected chi connectivity index (χ1v) is 9.44. The number of fused-ring (bicyclic) bond motifs is 3. The second kappa shape index (κ2) is 6.48. The zero-order valence-electron chi connectivity index (χ0n) is 15.7. The molecular weight excluding hydrogens is 294 g/mol. The predicted molar refractivity (Wildman–Crippen MR) is 101 cm³/mol. The lowest BCUT2D eigenvalue weighted by atomic mass is 9.65. The van der Waals surface area contributed by atoms with Gasteiger partial charge in [-0.3, -0.25) is 4.79 Å². The van der Waals surface area contributed by atoms with Crippen LogP contribution in [0.25, 0.3) is 0 Å². The van der Waals surface area contributed by atoms with E-state index in [0.717, 1.165) is 44.1 Å². The van der Waals surface area contributed by atoms with Crippen molar-refractivity contribution in [1.82, 2.24) is 0 Å². The van der Waals surface area contributed by atoms with Gasteiger partial charge in [0.1, 0.15) is 0 Å². The van der Waals surface area contributed by atoms with Crippen molar-refractivity contribution in [2.75, 3.05) is 0 Å². The van der Waals surface area contributed by atoms with Crippen LogP contribution >= 0.6 is 0 Å². The highest BCUT2D eigenvalue weighted by atomic mass is 16.1. The molecule has 2 aliphatic carbocycles. The van der Waals surface area contributed by atoms with Crippen LogP contribution in [0, 0.1) is 5.41 Å². The van der Waals surface area contributed by atoms with Gasteiger partial charge in [-0.05, 0) is 80.0 Å². The largest absolute Gasteiger partial charge is 0.327 e. The van der Waals surface area contributed by atoms with Crippen molar-refractivity contribution in [1.29, 1.82) is 0 Å². The minimum Gasteiger partial charge on any atom is -0.327 e. The van der Waals surface area contributed by atoms with E-state index in [1.165, 1.54) is 27.8 Å². The molecule has 0 saturated carbocycles. The third kappa shape index (κ3) is 2.97. The first-order valence-electron chi connectivity index (χ1n) is 9.44. The number of carbonyl (C=O) groups is 1. The van der Waals surface area contributed by atoms with Crippen LogP contribution in [0.15, 0.2) is 17.7 Å². The fourth-order valence-electron chi connectivity index (χ4n) is 4.56. The average Bonchev–Trinajstić information content (AvgIpc) is 2.89. The van der Waals surface area contributed by atoms with Crippen molar-refractivity contribution < 1.29 is 4.79 Å². The van der Waals surface area contributed by atoms with Crippen LogP contribution in [0.5, 0.6) is 0 Å². The first-order chi connectivity index (χ1) is 11.4. The Morgan fingerprint density at radius 2 is 2.08 bits per heavy atom. The van der Waals surface area contributed by atoms with Crippen molar-refractivity contribution in [2.45, 2.75) is 78.7 Å². The Bertz CT molecular complexity index is 696.